The molecule has 0 spiro atoms. The second kappa shape index (κ2) is 7.15. The van der Waals surface area contributed by atoms with Crippen molar-refractivity contribution in [2.24, 2.45) is 0 Å². The van der Waals surface area contributed by atoms with Gasteiger partial charge in [0.25, 0.3) is 0 Å². The summed E-state index contributed by atoms with van der Waals surface area (Å²) in [4.78, 5) is 3.81. The summed E-state index contributed by atoms with van der Waals surface area (Å²) in [6.45, 7) is -0.165. The molecule has 0 fully saturated rings. The number of aliphatic hydroxyl groups excluding tert-OH is 1. The maximum atomic E-state index is 13.0. The van der Waals surface area contributed by atoms with Gasteiger partial charge in [0.2, 0.25) is 10.0 Å². The molecule has 2 N–H and O–H groups in total. The van der Waals surface area contributed by atoms with Crippen LogP contribution in [0.1, 0.15) is 17.2 Å². The van der Waals surface area contributed by atoms with Gasteiger partial charge in [-0.15, -0.1) is 0 Å². The van der Waals surface area contributed by atoms with Crippen LogP contribution in [0.3, 0.4) is 0 Å². The molecule has 1 aromatic carbocycles. The molecule has 0 saturated heterocycles. The molecule has 0 amide bonds. The number of aliphatic hydroxyl groups is 1. The van der Waals surface area contributed by atoms with E-state index in [1.807, 2.05) is 0 Å². The van der Waals surface area contributed by atoms with Crippen LogP contribution in [0.4, 0.5) is 4.39 Å². The first kappa shape index (κ1) is 16.8. The van der Waals surface area contributed by atoms with E-state index >= 15 is 0 Å². The molecule has 0 saturated carbocycles. The maximum Gasteiger partial charge on any atom is 0.215 e. The first-order chi connectivity index (χ1) is 10.4. The molecule has 8 heteroatoms. The third kappa shape index (κ3) is 4.74. The predicted molar refractivity (Wildman–Crippen MR) is 81.2 cm³/mol. The molecule has 0 aliphatic carbocycles. The van der Waals surface area contributed by atoms with Crippen molar-refractivity contribution in [3.63, 3.8) is 0 Å². The first-order valence-corrected chi connectivity index (χ1v) is 8.40. The minimum absolute atomic E-state index is 0.135. The standard InChI is InChI=1S/C14H14ClFN2O3S/c15-12-7-10(1-2-13(12)16)9-22(20,21)18-8-14(19)11-3-5-17-6-4-11/h1-7,14,18-19H,8-9H2. The van der Waals surface area contributed by atoms with Crippen molar-refractivity contribution >= 4 is 21.6 Å². The number of benzene rings is 1. The molecule has 0 aliphatic heterocycles. The highest BCUT2D eigenvalue weighted by Gasteiger charge is 2.15. The Bertz CT molecular complexity index is 741. The van der Waals surface area contributed by atoms with Crippen LogP contribution in [-0.2, 0) is 15.8 Å². The highest BCUT2D eigenvalue weighted by molar-refractivity contribution is 7.88. The maximum absolute atomic E-state index is 13.0. The monoisotopic (exact) mass is 344 g/mol. The van der Waals surface area contributed by atoms with Crippen LogP contribution in [-0.4, -0.2) is 25.1 Å². The lowest BCUT2D eigenvalue weighted by Gasteiger charge is -2.12. The van der Waals surface area contributed by atoms with Crippen LogP contribution < -0.4 is 4.72 Å². The van der Waals surface area contributed by atoms with Crippen molar-refractivity contribution in [2.45, 2.75) is 11.9 Å². The molecule has 1 aromatic heterocycles. The Balaban J connectivity index is 1.98. The van der Waals surface area contributed by atoms with Gasteiger partial charge in [-0.2, -0.15) is 0 Å². The summed E-state index contributed by atoms with van der Waals surface area (Å²) < 4.78 is 39.3. The topological polar surface area (TPSA) is 79.3 Å². The fourth-order valence-corrected chi connectivity index (χ4v) is 3.14. The number of nitrogens with one attached hydrogen (secondary N) is 1. The third-order valence-corrected chi connectivity index (χ3v) is 4.54. The van der Waals surface area contributed by atoms with Gasteiger partial charge < -0.3 is 5.11 Å². The lowest BCUT2D eigenvalue weighted by atomic mass is 10.1. The molecule has 1 atom stereocenters. The van der Waals surface area contributed by atoms with Crippen LogP contribution in [0.5, 0.6) is 0 Å². The molecule has 0 bridgehead atoms. The highest BCUT2D eigenvalue weighted by atomic mass is 35.5. The number of nitrogens with zero attached hydrogens (tertiary/aromatic N) is 1. The third-order valence-electron chi connectivity index (χ3n) is 2.93. The number of hydrogen-bond acceptors (Lipinski definition) is 4. The summed E-state index contributed by atoms with van der Waals surface area (Å²) >= 11 is 5.61. The predicted octanol–water partition coefficient (Wildman–Crippen LogP) is 2.03. The lowest BCUT2D eigenvalue weighted by Crippen LogP contribution is -2.29. The number of halogens is 2. The second-order valence-electron chi connectivity index (χ2n) is 4.65. The molecule has 22 heavy (non-hydrogen) atoms. The van der Waals surface area contributed by atoms with E-state index in [9.17, 15) is 17.9 Å². The van der Waals surface area contributed by atoms with Gasteiger partial charge in [-0.05, 0) is 35.4 Å². The molecular formula is C14H14ClFN2O3S. The van der Waals surface area contributed by atoms with Crippen LogP contribution >= 0.6 is 11.6 Å². The summed E-state index contributed by atoms with van der Waals surface area (Å²) in [5.41, 5.74) is 0.917. The van der Waals surface area contributed by atoms with E-state index in [0.29, 0.717) is 11.1 Å². The van der Waals surface area contributed by atoms with E-state index in [-0.39, 0.29) is 17.3 Å². The Labute approximate surface area is 132 Å². The number of hydrogen-bond donors (Lipinski definition) is 2. The Kier molecular flexibility index (Phi) is 5.47. The molecule has 0 radical (unpaired) electrons. The Morgan fingerprint density at radius 1 is 1.27 bits per heavy atom. The van der Waals surface area contributed by atoms with Crippen LogP contribution in [0.2, 0.25) is 5.02 Å². The zero-order valence-corrected chi connectivity index (χ0v) is 13.0. The summed E-state index contributed by atoms with van der Waals surface area (Å²) in [6.07, 6.45) is 2.04. The van der Waals surface area contributed by atoms with Crippen molar-refractivity contribution in [3.05, 3.63) is 64.7 Å². The minimum atomic E-state index is -3.67. The molecule has 0 aliphatic rings. The van der Waals surface area contributed by atoms with Gasteiger partial charge in [-0.1, -0.05) is 17.7 Å². The highest BCUT2D eigenvalue weighted by Crippen LogP contribution is 2.17. The zero-order chi connectivity index (χ0) is 16.2. The van der Waals surface area contributed by atoms with Crippen LogP contribution in [0.25, 0.3) is 0 Å². The average Bonchev–Trinajstić information content (AvgIpc) is 2.49. The Hall–Kier alpha value is -1.54. The largest absolute Gasteiger partial charge is 0.387 e. The quantitative estimate of drug-likeness (QED) is 0.840. The molecule has 2 rings (SSSR count). The normalized spacial score (nSPS) is 13.0. The van der Waals surface area contributed by atoms with E-state index < -0.39 is 21.9 Å². The van der Waals surface area contributed by atoms with E-state index in [0.717, 1.165) is 6.07 Å². The fourth-order valence-electron chi connectivity index (χ4n) is 1.81. The zero-order valence-electron chi connectivity index (χ0n) is 11.4. The number of aromatic nitrogens is 1. The minimum Gasteiger partial charge on any atom is -0.387 e. The summed E-state index contributed by atoms with van der Waals surface area (Å²) in [6, 6.07) is 6.91. The summed E-state index contributed by atoms with van der Waals surface area (Å²) in [7, 11) is -3.67. The van der Waals surface area contributed by atoms with Crippen molar-refractivity contribution in [1.82, 2.24) is 9.71 Å². The molecule has 5 nitrogen and oxygen atoms in total. The van der Waals surface area contributed by atoms with Crippen LogP contribution in [0, 0.1) is 5.82 Å². The Morgan fingerprint density at radius 3 is 2.59 bits per heavy atom. The summed E-state index contributed by atoms with van der Waals surface area (Å²) in [5, 5.41) is 9.77. The SMILES string of the molecule is O=S(=O)(Cc1ccc(F)c(Cl)c1)NCC(O)c1ccncc1. The van der Waals surface area contributed by atoms with Crippen molar-refractivity contribution < 1.29 is 17.9 Å². The molecule has 1 heterocycles. The molecular weight excluding hydrogens is 331 g/mol. The number of sulfonamides is 1. The van der Waals surface area contributed by atoms with Gasteiger partial charge in [-0.3, -0.25) is 4.98 Å². The van der Waals surface area contributed by atoms with Gasteiger partial charge in [0.15, 0.2) is 0 Å². The van der Waals surface area contributed by atoms with Gasteiger partial charge in [-0.25, -0.2) is 17.5 Å². The van der Waals surface area contributed by atoms with Gasteiger partial charge in [0.05, 0.1) is 16.9 Å². The van der Waals surface area contributed by atoms with Crippen LogP contribution in [0.15, 0.2) is 42.7 Å². The molecule has 2 aromatic rings. The van der Waals surface area contributed by atoms with Gasteiger partial charge >= 0.3 is 0 Å². The summed E-state index contributed by atoms with van der Waals surface area (Å²) in [5.74, 6) is -0.959. The lowest BCUT2D eigenvalue weighted by molar-refractivity contribution is 0.182. The average molecular weight is 345 g/mol. The fraction of sp³-hybridized carbons (Fsp3) is 0.214. The van der Waals surface area contributed by atoms with E-state index in [1.165, 1.54) is 24.5 Å². The number of pyridine rings is 1. The van der Waals surface area contributed by atoms with E-state index in [2.05, 4.69) is 9.71 Å². The Morgan fingerprint density at radius 2 is 1.95 bits per heavy atom. The molecule has 118 valence electrons. The van der Waals surface area contributed by atoms with Gasteiger partial charge in [0, 0.05) is 18.9 Å². The smallest absolute Gasteiger partial charge is 0.215 e. The van der Waals surface area contributed by atoms with Gasteiger partial charge in [0.1, 0.15) is 5.82 Å². The first-order valence-electron chi connectivity index (χ1n) is 6.36. The van der Waals surface area contributed by atoms with Crippen molar-refractivity contribution in [2.75, 3.05) is 6.54 Å². The number of rotatable bonds is 6. The van der Waals surface area contributed by atoms with E-state index in [1.54, 1.807) is 12.1 Å². The van der Waals surface area contributed by atoms with Crippen molar-refractivity contribution in [1.29, 1.82) is 0 Å². The molecule has 1 unspecified atom stereocenters. The second-order valence-corrected chi connectivity index (χ2v) is 6.87. The van der Waals surface area contributed by atoms with Crippen molar-refractivity contribution in [3.8, 4) is 0 Å². The van der Waals surface area contributed by atoms with E-state index in [4.69, 9.17) is 11.6 Å².